The number of nitrogens with one attached hydrogen (secondary N) is 1. The highest BCUT2D eigenvalue weighted by atomic mass is 32.1. The number of amides is 2. The molecule has 28 heavy (non-hydrogen) atoms. The number of carbonyl (C=O) groups is 2. The summed E-state index contributed by atoms with van der Waals surface area (Å²) in [6.07, 6.45) is 5.49. The molecule has 144 valence electrons. The van der Waals surface area contributed by atoms with Gasteiger partial charge >= 0.3 is 0 Å². The summed E-state index contributed by atoms with van der Waals surface area (Å²) >= 11 is 1.66. The molecule has 1 fully saturated rings. The summed E-state index contributed by atoms with van der Waals surface area (Å²) < 4.78 is 1.09. The van der Waals surface area contributed by atoms with Crippen LogP contribution in [0.2, 0.25) is 0 Å². The Hall–Kier alpha value is -2.80. The van der Waals surface area contributed by atoms with Gasteiger partial charge in [-0.15, -0.1) is 11.3 Å². The molecule has 1 aliphatic rings. The lowest BCUT2D eigenvalue weighted by Gasteiger charge is -2.31. The zero-order valence-corrected chi connectivity index (χ0v) is 16.5. The molecule has 0 saturated carbocycles. The van der Waals surface area contributed by atoms with Crippen molar-refractivity contribution in [3.63, 3.8) is 0 Å². The molecule has 1 aliphatic heterocycles. The summed E-state index contributed by atoms with van der Waals surface area (Å²) in [6.45, 7) is 3.25. The highest BCUT2D eigenvalue weighted by molar-refractivity contribution is 7.18. The smallest absolute Gasteiger partial charge is 0.255 e. The first-order valence-corrected chi connectivity index (χ1v) is 10.4. The Bertz CT molecular complexity index is 994. The zero-order chi connectivity index (χ0) is 19.5. The van der Waals surface area contributed by atoms with Crippen LogP contribution in [0.5, 0.6) is 0 Å². The monoisotopic (exact) mass is 394 g/mol. The number of aryl methyl sites for hydroxylation is 1. The Labute approximate surface area is 167 Å². The van der Waals surface area contributed by atoms with E-state index in [4.69, 9.17) is 0 Å². The number of likely N-dealkylation sites (tertiary alicyclic amines) is 1. The molecule has 0 spiro atoms. The summed E-state index contributed by atoms with van der Waals surface area (Å²) in [5.41, 5.74) is 2.37. The average Bonchev–Trinajstić information content (AvgIpc) is 3.16. The Balaban J connectivity index is 1.36. The number of carbonyl (C=O) groups excluding carboxylic acids is 2. The van der Waals surface area contributed by atoms with Crippen LogP contribution in [0.15, 0.2) is 42.7 Å². The molecule has 0 radical (unpaired) electrons. The summed E-state index contributed by atoms with van der Waals surface area (Å²) in [5, 5.41) is 4.13. The average molecular weight is 395 g/mol. The summed E-state index contributed by atoms with van der Waals surface area (Å²) in [5.74, 6) is -0.0799. The molecule has 0 bridgehead atoms. The van der Waals surface area contributed by atoms with Crippen LogP contribution in [0.25, 0.3) is 10.2 Å². The normalized spacial score (nSPS) is 15.0. The molecule has 3 heterocycles. The fourth-order valence-corrected chi connectivity index (χ4v) is 4.41. The molecule has 1 N–H and O–H groups in total. The van der Waals surface area contributed by atoms with Crippen LogP contribution in [0.1, 0.15) is 35.1 Å². The number of rotatable bonds is 4. The van der Waals surface area contributed by atoms with Gasteiger partial charge in [0.2, 0.25) is 5.91 Å². The van der Waals surface area contributed by atoms with Crippen LogP contribution in [0.3, 0.4) is 0 Å². The molecular formula is C21H22N4O2S. The molecule has 3 aromatic rings. The van der Waals surface area contributed by atoms with Gasteiger partial charge in [-0.1, -0.05) is 6.92 Å². The molecule has 2 aromatic heterocycles. The van der Waals surface area contributed by atoms with Crippen molar-refractivity contribution in [1.82, 2.24) is 14.9 Å². The number of benzene rings is 1. The fourth-order valence-electron chi connectivity index (χ4n) is 3.46. The van der Waals surface area contributed by atoms with Gasteiger partial charge in [-0.05, 0) is 49.6 Å². The third-order valence-corrected chi connectivity index (χ3v) is 6.23. The molecule has 0 aliphatic carbocycles. The molecule has 0 atom stereocenters. The van der Waals surface area contributed by atoms with Crippen LogP contribution >= 0.6 is 11.3 Å². The van der Waals surface area contributed by atoms with Gasteiger partial charge in [0.05, 0.1) is 20.8 Å². The van der Waals surface area contributed by atoms with E-state index in [1.54, 1.807) is 40.8 Å². The van der Waals surface area contributed by atoms with Gasteiger partial charge < -0.3 is 10.2 Å². The van der Waals surface area contributed by atoms with E-state index in [2.05, 4.69) is 22.2 Å². The van der Waals surface area contributed by atoms with E-state index in [0.717, 1.165) is 27.3 Å². The van der Waals surface area contributed by atoms with E-state index in [0.29, 0.717) is 31.5 Å². The summed E-state index contributed by atoms with van der Waals surface area (Å²) in [4.78, 5) is 35.5. The first kappa shape index (κ1) is 18.6. The Morgan fingerprint density at radius 3 is 2.79 bits per heavy atom. The number of thiazole rings is 1. The van der Waals surface area contributed by atoms with Gasteiger partial charge in [0.25, 0.3) is 5.91 Å². The van der Waals surface area contributed by atoms with Crippen LogP contribution < -0.4 is 5.32 Å². The largest absolute Gasteiger partial charge is 0.339 e. The number of anilines is 1. The molecule has 1 aromatic carbocycles. The van der Waals surface area contributed by atoms with Crippen molar-refractivity contribution in [1.29, 1.82) is 0 Å². The quantitative estimate of drug-likeness (QED) is 0.731. The van der Waals surface area contributed by atoms with E-state index >= 15 is 0 Å². The van der Waals surface area contributed by atoms with Gasteiger partial charge in [0, 0.05) is 37.1 Å². The van der Waals surface area contributed by atoms with Gasteiger partial charge in [-0.3, -0.25) is 14.6 Å². The van der Waals surface area contributed by atoms with Gasteiger partial charge in [0.1, 0.15) is 0 Å². The highest BCUT2D eigenvalue weighted by Gasteiger charge is 2.28. The minimum atomic E-state index is -0.0821. The first-order valence-electron chi connectivity index (χ1n) is 9.53. The minimum Gasteiger partial charge on any atom is -0.339 e. The van der Waals surface area contributed by atoms with Crippen LogP contribution in [0.4, 0.5) is 5.69 Å². The molecule has 0 unspecified atom stereocenters. The van der Waals surface area contributed by atoms with E-state index < -0.39 is 0 Å². The molecule has 6 nitrogen and oxygen atoms in total. The standard InChI is InChI=1S/C21H22N4O2S/c1-2-19-24-17-6-5-16(12-18(17)28-19)23-20(26)14-7-10-25(11-8-14)21(27)15-4-3-9-22-13-15/h3-6,9,12-14H,2,7-8,10-11H2,1H3,(H,23,26). The zero-order valence-electron chi connectivity index (χ0n) is 15.7. The van der Waals surface area contributed by atoms with Gasteiger partial charge in [-0.25, -0.2) is 4.98 Å². The van der Waals surface area contributed by atoms with Crippen molar-refractivity contribution in [3.05, 3.63) is 53.3 Å². The SMILES string of the molecule is CCc1nc2ccc(NC(=O)C3CCN(C(=O)c4cccnc4)CC3)cc2s1. The molecular weight excluding hydrogens is 372 g/mol. The first-order chi connectivity index (χ1) is 13.6. The van der Waals surface area contributed by atoms with Crippen LogP contribution in [0, 0.1) is 5.92 Å². The van der Waals surface area contributed by atoms with Crippen molar-refractivity contribution in [2.45, 2.75) is 26.2 Å². The number of pyridine rings is 1. The fraction of sp³-hybridized carbons (Fsp3) is 0.333. The molecule has 7 heteroatoms. The summed E-state index contributed by atoms with van der Waals surface area (Å²) in [7, 11) is 0. The molecule has 4 rings (SSSR count). The number of piperidine rings is 1. The lowest BCUT2D eigenvalue weighted by Crippen LogP contribution is -2.41. The number of fused-ring (bicyclic) bond motifs is 1. The van der Waals surface area contributed by atoms with E-state index in [-0.39, 0.29) is 17.7 Å². The van der Waals surface area contributed by atoms with Crippen molar-refractivity contribution < 1.29 is 9.59 Å². The predicted molar refractivity (Wildman–Crippen MR) is 110 cm³/mol. The maximum Gasteiger partial charge on any atom is 0.255 e. The molecule has 2 amide bonds. The van der Waals surface area contributed by atoms with E-state index in [1.807, 2.05) is 18.2 Å². The summed E-state index contributed by atoms with van der Waals surface area (Å²) in [6, 6.07) is 9.38. The maximum absolute atomic E-state index is 12.7. The second kappa shape index (κ2) is 8.06. The van der Waals surface area contributed by atoms with Crippen molar-refractivity contribution >= 4 is 39.1 Å². The van der Waals surface area contributed by atoms with Crippen molar-refractivity contribution in [3.8, 4) is 0 Å². The van der Waals surface area contributed by atoms with Crippen LogP contribution in [-0.2, 0) is 11.2 Å². The highest BCUT2D eigenvalue weighted by Crippen LogP contribution is 2.27. The second-order valence-electron chi connectivity index (χ2n) is 6.94. The van der Waals surface area contributed by atoms with E-state index in [1.165, 1.54) is 0 Å². The van der Waals surface area contributed by atoms with E-state index in [9.17, 15) is 9.59 Å². The van der Waals surface area contributed by atoms with Gasteiger partial charge in [-0.2, -0.15) is 0 Å². The maximum atomic E-state index is 12.7. The lowest BCUT2D eigenvalue weighted by molar-refractivity contribution is -0.121. The minimum absolute atomic E-state index is 0.0191. The molecule has 1 saturated heterocycles. The lowest BCUT2D eigenvalue weighted by atomic mass is 9.95. The predicted octanol–water partition coefficient (Wildman–Crippen LogP) is 3.74. The number of hydrogen-bond donors (Lipinski definition) is 1. The van der Waals surface area contributed by atoms with Crippen molar-refractivity contribution in [2.75, 3.05) is 18.4 Å². The third kappa shape index (κ3) is 3.89. The number of nitrogens with zero attached hydrogens (tertiary/aromatic N) is 3. The second-order valence-corrected chi connectivity index (χ2v) is 8.06. The van der Waals surface area contributed by atoms with Crippen LogP contribution in [-0.4, -0.2) is 39.8 Å². The van der Waals surface area contributed by atoms with Gasteiger partial charge in [0.15, 0.2) is 0 Å². The Morgan fingerprint density at radius 1 is 1.25 bits per heavy atom. The third-order valence-electron chi connectivity index (χ3n) is 5.06. The Kier molecular flexibility index (Phi) is 5.34. The number of hydrogen-bond acceptors (Lipinski definition) is 5. The number of aromatic nitrogens is 2. The topological polar surface area (TPSA) is 75.2 Å². The Morgan fingerprint density at radius 2 is 2.07 bits per heavy atom. The van der Waals surface area contributed by atoms with Crippen molar-refractivity contribution in [2.24, 2.45) is 5.92 Å².